The summed E-state index contributed by atoms with van der Waals surface area (Å²) in [5.41, 5.74) is 0.845. The van der Waals surface area contributed by atoms with Crippen LogP contribution in [0.2, 0.25) is 0 Å². The molecule has 0 bridgehead atoms. The number of amides is 2. The van der Waals surface area contributed by atoms with Gasteiger partial charge in [0.05, 0.1) is 19.3 Å². The van der Waals surface area contributed by atoms with E-state index in [4.69, 9.17) is 4.74 Å². The van der Waals surface area contributed by atoms with Crippen LogP contribution in [0, 0.1) is 0 Å². The molecular weight excluding hydrogens is 362 g/mol. The lowest BCUT2D eigenvalue weighted by Crippen LogP contribution is -2.50. The smallest absolute Gasteiger partial charge is 0.315 e. The number of hydrogen-bond donors (Lipinski definition) is 3. The molecule has 27 heavy (non-hydrogen) atoms. The number of nitrogens with zero attached hydrogens (tertiary/aromatic N) is 1. The fourth-order valence-corrected chi connectivity index (χ4v) is 4.10. The van der Waals surface area contributed by atoms with Crippen LogP contribution in [0.3, 0.4) is 0 Å². The molecule has 7 heteroatoms. The van der Waals surface area contributed by atoms with Crippen molar-refractivity contribution in [3.63, 3.8) is 0 Å². The summed E-state index contributed by atoms with van der Waals surface area (Å²) in [6, 6.07) is 9.76. The number of nitrogens with one attached hydrogen (secondary N) is 2. The number of urea groups is 1. The highest BCUT2D eigenvalue weighted by molar-refractivity contribution is 7.08. The molecule has 6 nitrogen and oxygen atoms in total. The Morgan fingerprint density at radius 2 is 2.07 bits per heavy atom. The fourth-order valence-electron chi connectivity index (χ4n) is 3.32. The minimum absolute atomic E-state index is 0.127. The van der Waals surface area contributed by atoms with Crippen molar-refractivity contribution in [1.82, 2.24) is 10.6 Å². The Bertz CT molecular complexity index is 741. The van der Waals surface area contributed by atoms with Crippen molar-refractivity contribution in [2.24, 2.45) is 0 Å². The summed E-state index contributed by atoms with van der Waals surface area (Å²) in [5.74, 6) is 0.873. The minimum atomic E-state index is -1.06. The zero-order valence-corrected chi connectivity index (χ0v) is 16.6. The number of benzene rings is 1. The van der Waals surface area contributed by atoms with Gasteiger partial charge in [0.15, 0.2) is 0 Å². The number of hydrogen-bond acceptors (Lipinski definition) is 5. The van der Waals surface area contributed by atoms with Gasteiger partial charge in [-0.1, -0.05) is 12.1 Å². The van der Waals surface area contributed by atoms with Crippen LogP contribution in [-0.4, -0.2) is 43.9 Å². The fraction of sp³-hybridized carbons (Fsp3) is 0.450. The Labute approximate surface area is 164 Å². The quantitative estimate of drug-likeness (QED) is 0.710. The Kier molecular flexibility index (Phi) is 6.23. The van der Waals surface area contributed by atoms with E-state index in [1.807, 2.05) is 35.0 Å². The highest BCUT2D eigenvalue weighted by atomic mass is 32.1. The molecule has 0 spiro atoms. The maximum absolute atomic E-state index is 12.2. The van der Waals surface area contributed by atoms with E-state index < -0.39 is 5.60 Å². The first-order valence-corrected chi connectivity index (χ1v) is 10.1. The number of aliphatic hydroxyl groups is 1. The molecule has 0 aliphatic carbocycles. The summed E-state index contributed by atoms with van der Waals surface area (Å²) in [6.07, 6.45) is 1.73. The summed E-state index contributed by atoms with van der Waals surface area (Å²) < 4.78 is 5.44. The molecule has 1 aromatic heterocycles. The predicted octanol–water partition coefficient (Wildman–Crippen LogP) is 2.93. The maximum Gasteiger partial charge on any atom is 0.315 e. The summed E-state index contributed by atoms with van der Waals surface area (Å²) in [7, 11) is 1.68. The molecule has 3 rings (SSSR count). The third-order valence-corrected chi connectivity index (χ3v) is 5.68. The molecule has 1 aliphatic rings. The summed E-state index contributed by atoms with van der Waals surface area (Å²) in [4.78, 5) is 14.5. The lowest BCUT2D eigenvalue weighted by molar-refractivity contribution is 0.0596. The van der Waals surface area contributed by atoms with Gasteiger partial charge in [-0.3, -0.25) is 0 Å². The van der Waals surface area contributed by atoms with E-state index in [-0.39, 0.29) is 18.6 Å². The standard InChI is InChI=1S/C20H27N3O3S/c1-20(25,15-9-12-27-13-15)14-21-19(24)22-16-7-10-23(11-8-16)17-5-3-4-6-18(17)26-2/h3-6,9,12-13,16,25H,7-8,10-11,14H2,1-2H3,(H2,21,22,24). The average Bonchev–Trinajstić information content (AvgIpc) is 3.23. The van der Waals surface area contributed by atoms with Crippen LogP contribution < -0.4 is 20.3 Å². The topological polar surface area (TPSA) is 73.8 Å². The number of ether oxygens (including phenoxy) is 1. The highest BCUT2D eigenvalue weighted by Crippen LogP contribution is 2.29. The molecule has 1 fully saturated rings. The first kappa shape index (κ1) is 19.5. The average molecular weight is 390 g/mol. The van der Waals surface area contributed by atoms with Crippen LogP contribution in [0.25, 0.3) is 0 Å². The van der Waals surface area contributed by atoms with E-state index in [0.29, 0.717) is 0 Å². The molecule has 1 unspecified atom stereocenters. The van der Waals surface area contributed by atoms with E-state index in [0.717, 1.165) is 42.9 Å². The van der Waals surface area contributed by atoms with E-state index in [1.165, 1.54) is 11.3 Å². The molecule has 0 radical (unpaired) electrons. The normalized spacial score (nSPS) is 17.2. The zero-order chi connectivity index (χ0) is 19.3. The number of thiophene rings is 1. The van der Waals surface area contributed by atoms with Crippen LogP contribution >= 0.6 is 11.3 Å². The molecule has 2 heterocycles. The molecule has 146 valence electrons. The van der Waals surface area contributed by atoms with Gasteiger partial charge in [-0.25, -0.2) is 4.79 Å². The van der Waals surface area contributed by atoms with E-state index in [1.54, 1.807) is 14.0 Å². The Morgan fingerprint density at radius 1 is 1.33 bits per heavy atom. The number of carbonyl (C=O) groups is 1. The molecule has 2 aromatic rings. The third kappa shape index (κ3) is 4.93. The second kappa shape index (κ2) is 8.63. The molecular formula is C20H27N3O3S. The molecule has 3 N–H and O–H groups in total. The molecule has 1 aromatic carbocycles. The van der Waals surface area contributed by atoms with Crippen molar-refractivity contribution >= 4 is 23.1 Å². The van der Waals surface area contributed by atoms with Crippen molar-refractivity contribution in [3.05, 3.63) is 46.7 Å². The van der Waals surface area contributed by atoms with Crippen molar-refractivity contribution in [3.8, 4) is 5.75 Å². The van der Waals surface area contributed by atoms with Crippen molar-refractivity contribution < 1.29 is 14.6 Å². The first-order valence-electron chi connectivity index (χ1n) is 9.17. The monoisotopic (exact) mass is 389 g/mol. The second-order valence-corrected chi connectivity index (χ2v) is 7.83. The van der Waals surface area contributed by atoms with Crippen LogP contribution in [-0.2, 0) is 5.60 Å². The highest BCUT2D eigenvalue weighted by Gasteiger charge is 2.26. The van der Waals surface area contributed by atoms with Crippen molar-refractivity contribution in [1.29, 1.82) is 0 Å². The number of rotatable bonds is 6. The van der Waals surface area contributed by atoms with Gasteiger partial charge in [0, 0.05) is 19.1 Å². The van der Waals surface area contributed by atoms with E-state index in [2.05, 4.69) is 21.6 Å². The number of piperidine rings is 1. The van der Waals surface area contributed by atoms with Gasteiger partial charge in [-0.2, -0.15) is 11.3 Å². The van der Waals surface area contributed by atoms with Gasteiger partial charge >= 0.3 is 6.03 Å². The second-order valence-electron chi connectivity index (χ2n) is 7.05. The summed E-state index contributed by atoms with van der Waals surface area (Å²) in [5, 5.41) is 20.1. The Balaban J connectivity index is 1.46. The van der Waals surface area contributed by atoms with Gasteiger partial charge in [-0.15, -0.1) is 0 Å². The number of carbonyl (C=O) groups excluding carboxylic acids is 1. The molecule has 0 saturated carbocycles. The lowest BCUT2D eigenvalue weighted by atomic mass is 9.99. The molecule has 1 aliphatic heterocycles. The third-order valence-electron chi connectivity index (χ3n) is 4.99. The summed E-state index contributed by atoms with van der Waals surface area (Å²) in [6.45, 7) is 3.60. The van der Waals surface area contributed by atoms with Crippen LogP contribution in [0.4, 0.5) is 10.5 Å². The zero-order valence-electron chi connectivity index (χ0n) is 15.8. The van der Waals surface area contributed by atoms with Crippen LogP contribution in [0.15, 0.2) is 41.1 Å². The number of para-hydroxylation sites is 2. The van der Waals surface area contributed by atoms with Crippen molar-refractivity contribution in [2.45, 2.75) is 31.4 Å². The summed E-state index contributed by atoms with van der Waals surface area (Å²) >= 11 is 1.53. The Hall–Kier alpha value is -2.25. The number of methoxy groups -OCH3 is 1. The van der Waals surface area contributed by atoms with E-state index >= 15 is 0 Å². The number of anilines is 1. The van der Waals surface area contributed by atoms with Gasteiger partial charge in [-0.05, 0) is 54.3 Å². The van der Waals surface area contributed by atoms with Crippen molar-refractivity contribution in [2.75, 3.05) is 31.6 Å². The van der Waals surface area contributed by atoms with Gasteiger partial charge < -0.3 is 25.4 Å². The molecule has 1 atom stereocenters. The minimum Gasteiger partial charge on any atom is -0.495 e. The first-order chi connectivity index (χ1) is 13.0. The van der Waals surface area contributed by atoms with Crippen LogP contribution in [0.5, 0.6) is 5.75 Å². The molecule has 1 saturated heterocycles. The Morgan fingerprint density at radius 3 is 2.74 bits per heavy atom. The maximum atomic E-state index is 12.2. The van der Waals surface area contributed by atoms with Gasteiger partial charge in [0.25, 0.3) is 0 Å². The largest absolute Gasteiger partial charge is 0.495 e. The lowest BCUT2D eigenvalue weighted by Gasteiger charge is -2.34. The SMILES string of the molecule is COc1ccccc1N1CCC(NC(=O)NCC(C)(O)c2ccsc2)CC1. The molecule has 2 amide bonds. The van der Waals surface area contributed by atoms with Crippen LogP contribution in [0.1, 0.15) is 25.3 Å². The predicted molar refractivity (Wildman–Crippen MR) is 109 cm³/mol. The van der Waals surface area contributed by atoms with Gasteiger partial charge in [0.2, 0.25) is 0 Å². The van der Waals surface area contributed by atoms with E-state index in [9.17, 15) is 9.90 Å². The van der Waals surface area contributed by atoms with Gasteiger partial charge in [0.1, 0.15) is 11.4 Å².